The normalized spacial score (nSPS) is 11.1. The second-order valence-corrected chi connectivity index (χ2v) is 5.20. The predicted octanol–water partition coefficient (Wildman–Crippen LogP) is 1.74. The van der Waals surface area contributed by atoms with E-state index in [1.165, 1.54) is 0 Å². The van der Waals surface area contributed by atoms with Crippen molar-refractivity contribution in [1.82, 2.24) is 24.2 Å². The minimum atomic E-state index is -0.00494. The quantitative estimate of drug-likeness (QED) is 0.835. The Labute approximate surface area is 119 Å². The molecule has 0 fully saturated rings. The largest absolute Gasteiger partial charge is 0.340 e. The van der Waals surface area contributed by atoms with Gasteiger partial charge in [-0.05, 0) is 20.8 Å². The van der Waals surface area contributed by atoms with Crippen molar-refractivity contribution in [1.29, 1.82) is 0 Å². The first-order valence-corrected chi connectivity index (χ1v) is 6.76. The van der Waals surface area contributed by atoms with Gasteiger partial charge in [-0.3, -0.25) is 9.48 Å². The summed E-state index contributed by atoms with van der Waals surface area (Å²) in [4.78, 5) is 18.1. The summed E-state index contributed by atoms with van der Waals surface area (Å²) in [6.07, 6.45) is 7.11. The molecule has 0 atom stereocenters. The fourth-order valence-electron chi connectivity index (χ4n) is 1.95. The fraction of sp³-hybridized carbons (Fsp3) is 0.500. The molecule has 0 aliphatic carbocycles. The predicted molar refractivity (Wildman–Crippen MR) is 76.5 cm³/mol. The van der Waals surface area contributed by atoms with Gasteiger partial charge >= 0.3 is 0 Å². The molecule has 0 saturated heterocycles. The molecule has 0 unspecified atom stereocenters. The number of carbonyl (C=O) groups is 1. The lowest BCUT2D eigenvalue weighted by molar-refractivity contribution is 0.0790. The summed E-state index contributed by atoms with van der Waals surface area (Å²) in [6.45, 7) is 7.41. The molecule has 0 aliphatic rings. The van der Waals surface area contributed by atoms with Crippen LogP contribution in [0.25, 0.3) is 0 Å². The highest BCUT2D eigenvalue weighted by atomic mass is 16.2. The molecule has 2 rings (SSSR count). The number of carbonyl (C=O) groups excluding carboxylic acids is 1. The van der Waals surface area contributed by atoms with Crippen LogP contribution >= 0.6 is 0 Å². The van der Waals surface area contributed by atoms with E-state index in [1.807, 2.05) is 31.5 Å². The molecule has 0 spiro atoms. The van der Waals surface area contributed by atoms with E-state index in [0.717, 1.165) is 12.4 Å². The number of amides is 1. The molecule has 2 aromatic heterocycles. The molecule has 0 aliphatic heterocycles. The Bertz CT molecular complexity index is 584. The van der Waals surface area contributed by atoms with Crippen LogP contribution in [-0.2, 0) is 6.54 Å². The van der Waals surface area contributed by atoms with Gasteiger partial charge in [0.05, 0.1) is 11.8 Å². The SMILES string of the molecule is Cc1nccn1CCN(C)C(=O)c1cnn(C(C)C)c1. The average molecular weight is 275 g/mol. The zero-order valence-corrected chi connectivity index (χ0v) is 12.4. The van der Waals surface area contributed by atoms with Crippen LogP contribution in [0.4, 0.5) is 0 Å². The zero-order valence-electron chi connectivity index (χ0n) is 12.4. The Hall–Kier alpha value is -2.11. The van der Waals surface area contributed by atoms with E-state index < -0.39 is 0 Å². The summed E-state index contributed by atoms with van der Waals surface area (Å²) in [7, 11) is 1.81. The van der Waals surface area contributed by atoms with Gasteiger partial charge in [0.15, 0.2) is 0 Å². The Balaban J connectivity index is 1.96. The van der Waals surface area contributed by atoms with Crippen molar-refractivity contribution < 1.29 is 4.79 Å². The highest BCUT2D eigenvalue weighted by molar-refractivity contribution is 5.93. The van der Waals surface area contributed by atoms with Crippen LogP contribution in [0.1, 0.15) is 36.1 Å². The molecule has 0 saturated carbocycles. The van der Waals surface area contributed by atoms with Gasteiger partial charge in [0, 0.05) is 44.8 Å². The maximum atomic E-state index is 12.3. The van der Waals surface area contributed by atoms with Crippen molar-refractivity contribution in [2.24, 2.45) is 0 Å². The van der Waals surface area contributed by atoms with Gasteiger partial charge in [0.2, 0.25) is 0 Å². The summed E-state index contributed by atoms with van der Waals surface area (Å²) in [5.41, 5.74) is 0.628. The van der Waals surface area contributed by atoms with Gasteiger partial charge in [0.25, 0.3) is 5.91 Å². The van der Waals surface area contributed by atoms with Crippen LogP contribution in [0.3, 0.4) is 0 Å². The van der Waals surface area contributed by atoms with Crippen molar-refractivity contribution in [2.75, 3.05) is 13.6 Å². The van der Waals surface area contributed by atoms with Gasteiger partial charge in [-0.2, -0.15) is 5.10 Å². The maximum absolute atomic E-state index is 12.3. The Morgan fingerprint density at radius 1 is 1.45 bits per heavy atom. The highest BCUT2D eigenvalue weighted by Gasteiger charge is 2.14. The summed E-state index contributed by atoms with van der Waals surface area (Å²) < 4.78 is 3.82. The smallest absolute Gasteiger partial charge is 0.256 e. The van der Waals surface area contributed by atoms with Gasteiger partial charge in [0.1, 0.15) is 5.82 Å². The number of imidazole rings is 1. The standard InChI is InChI=1S/C14H21N5O/c1-11(2)19-10-13(9-16-19)14(20)17(4)7-8-18-6-5-15-12(18)3/h5-6,9-11H,7-8H2,1-4H3. The molecule has 0 radical (unpaired) electrons. The van der Waals surface area contributed by atoms with E-state index in [1.54, 1.807) is 35.2 Å². The molecule has 2 heterocycles. The molecule has 0 N–H and O–H groups in total. The van der Waals surface area contributed by atoms with Crippen LogP contribution in [0.15, 0.2) is 24.8 Å². The topological polar surface area (TPSA) is 56.0 Å². The molecular weight excluding hydrogens is 254 g/mol. The number of hydrogen-bond acceptors (Lipinski definition) is 3. The minimum Gasteiger partial charge on any atom is -0.340 e. The molecule has 6 nitrogen and oxygen atoms in total. The van der Waals surface area contributed by atoms with Gasteiger partial charge in [-0.25, -0.2) is 4.98 Å². The van der Waals surface area contributed by atoms with E-state index in [2.05, 4.69) is 10.1 Å². The summed E-state index contributed by atoms with van der Waals surface area (Å²) in [6, 6.07) is 0.260. The first-order valence-electron chi connectivity index (χ1n) is 6.76. The van der Waals surface area contributed by atoms with E-state index >= 15 is 0 Å². The lowest BCUT2D eigenvalue weighted by Gasteiger charge is -2.17. The zero-order chi connectivity index (χ0) is 14.7. The summed E-state index contributed by atoms with van der Waals surface area (Å²) in [5.74, 6) is 0.952. The molecule has 20 heavy (non-hydrogen) atoms. The van der Waals surface area contributed by atoms with Crippen LogP contribution in [-0.4, -0.2) is 43.7 Å². The molecule has 0 bridgehead atoms. The fourth-order valence-corrected chi connectivity index (χ4v) is 1.95. The van der Waals surface area contributed by atoms with Crippen molar-refractivity contribution in [3.8, 4) is 0 Å². The lowest BCUT2D eigenvalue weighted by atomic mass is 10.3. The van der Waals surface area contributed by atoms with E-state index in [9.17, 15) is 4.79 Å². The Kier molecular flexibility index (Phi) is 4.22. The van der Waals surface area contributed by atoms with Crippen molar-refractivity contribution in [2.45, 2.75) is 33.4 Å². The van der Waals surface area contributed by atoms with Crippen LogP contribution in [0.5, 0.6) is 0 Å². The first-order chi connectivity index (χ1) is 9.49. The van der Waals surface area contributed by atoms with Gasteiger partial charge < -0.3 is 9.47 Å². The molecule has 2 aromatic rings. The lowest BCUT2D eigenvalue weighted by Crippen LogP contribution is -2.30. The van der Waals surface area contributed by atoms with Crippen molar-refractivity contribution >= 4 is 5.91 Å². The molecule has 0 aromatic carbocycles. The van der Waals surface area contributed by atoms with Gasteiger partial charge in [-0.1, -0.05) is 0 Å². The third kappa shape index (κ3) is 3.07. The van der Waals surface area contributed by atoms with Crippen LogP contribution in [0.2, 0.25) is 0 Å². The molecular formula is C14H21N5O. The number of aromatic nitrogens is 4. The van der Waals surface area contributed by atoms with E-state index in [4.69, 9.17) is 0 Å². The number of hydrogen-bond donors (Lipinski definition) is 0. The number of nitrogens with zero attached hydrogens (tertiary/aromatic N) is 5. The summed E-state index contributed by atoms with van der Waals surface area (Å²) >= 11 is 0. The van der Waals surface area contributed by atoms with Crippen LogP contribution in [0, 0.1) is 6.92 Å². The molecule has 108 valence electrons. The highest BCUT2D eigenvalue weighted by Crippen LogP contribution is 2.08. The maximum Gasteiger partial charge on any atom is 0.256 e. The third-order valence-corrected chi connectivity index (χ3v) is 3.32. The van der Waals surface area contributed by atoms with Crippen molar-refractivity contribution in [3.05, 3.63) is 36.2 Å². The second kappa shape index (κ2) is 5.90. The number of rotatable bonds is 5. The van der Waals surface area contributed by atoms with Crippen molar-refractivity contribution in [3.63, 3.8) is 0 Å². The Morgan fingerprint density at radius 2 is 2.20 bits per heavy atom. The molecule has 6 heteroatoms. The van der Waals surface area contributed by atoms with E-state index in [0.29, 0.717) is 12.1 Å². The third-order valence-electron chi connectivity index (χ3n) is 3.32. The second-order valence-electron chi connectivity index (χ2n) is 5.20. The van der Waals surface area contributed by atoms with E-state index in [-0.39, 0.29) is 11.9 Å². The first kappa shape index (κ1) is 14.3. The summed E-state index contributed by atoms with van der Waals surface area (Å²) in [5, 5.41) is 4.20. The van der Waals surface area contributed by atoms with Gasteiger partial charge in [-0.15, -0.1) is 0 Å². The average Bonchev–Trinajstić information content (AvgIpc) is 3.04. The Morgan fingerprint density at radius 3 is 2.75 bits per heavy atom. The number of aryl methyl sites for hydroxylation is 1. The molecule has 1 amide bonds. The number of likely N-dealkylation sites (N-methyl/N-ethyl adjacent to an activating group) is 1. The van der Waals surface area contributed by atoms with Crippen LogP contribution < -0.4 is 0 Å². The minimum absolute atomic E-state index is 0.00494. The monoisotopic (exact) mass is 275 g/mol.